The van der Waals surface area contributed by atoms with Crippen molar-refractivity contribution in [3.05, 3.63) is 53.6 Å². The number of nitrogens with one attached hydrogen (secondary N) is 1. The molecule has 2 rings (SSSR count). The van der Waals surface area contributed by atoms with Gasteiger partial charge in [-0.15, -0.1) is 0 Å². The molecule has 0 spiro atoms. The van der Waals surface area contributed by atoms with Gasteiger partial charge in [-0.05, 0) is 24.7 Å². The van der Waals surface area contributed by atoms with E-state index in [9.17, 15) is 4.39 Å². The molecule has 2 aromatic rings. The fourth-order valence-corrected chi connectivity index (χ4v) is 1.72. The third-order valence-electron chi connectivity index (χ3n) is 2.62. The van der Waals surface area contributed by atoms with Crippen molar-refractivity contribution < 1.29 is 4.39 Å². The van der Waals surface area contributed by atoms with Crippen LogP contribution < -0.4 is 5.32 Å². The van der Waals surface area contributed by atoms with Crippen molar-refractivity contribution in [2.45, 2.75) is 6.54 Å². The number of hydrogen-bond acceptors (Lipinski definition) is 3. The summed E-state index contributed by atoms with van der Waals surface area (Å²) < 4.78 is 13.8. The highest BCUT2D eigenvalue weighted by molar-refractivity contribution is 5.64. The minimum absolute atomic E-state index is 0.260. The molecule has 1 N–H and O–H groups in total. The van der Waals surface area contributed by atoms with E-state index in [4.69, 9.17) is 5.26 Å². The van der Waals surface area contributed by atoms with E-state index in [2.05, 4.69) is 10.3 Å². The maximum atomic E-state index is 13.8. The zero-order chi connectivity index (χ0) is 13.0. The lowest BCUT2D eigenvalue weighted by Gasteiger charge is -2.06. The molecule has 1 aromatic carbocycles. The Balaban J connectivity index is 2.39. The van der Waals surface area contributed by atoms with Crippen molar-refractivity contribution in [3.8, 4) is 17.2 Å². The van der Waals surface area contributed by atoms with Gasteiger partial charge in [-0.2, -0.15) is 5.26 Å². The van der Waals surface area contributed by atoms with Crippen LogP contribution in [0.4, 0.5) is 4.39 Å². The lowest BCUT2D eigenvalue weighted by molar-refractivity contribution is 0.601. The topological polar surface area (TPSA) is 48.7 Å². The molecule has 1 aromatic heterocycles. The molecule has 18 heavy (non-hydrogen) atoms. The molecule has 1 heterocycles. The van der Waals surface area contributed by atoms with Crippen LogP contribution in [-0.4, -0.2) is 12.0 Å². The summed E-state index contributed by atoms with van der Waals surface area (Å²) in [5, 5.41) is 11.7. The van der Waals surface area contributed by atoms with Gasteiger partial charge in [0.2, 0.25) is 0 Å². The molecule has 0 amide bonds. The lowest BCUT2D eigenvalue weighted by Crippen LogP contribution is -2.06. The molecule has 0 fully saturated rings. The monoisotopic (exact) mass is 241 g/mol. The third-order valence-corrected chi connectivity index (χ3v) is 2.62. The Morgan fingerprint density at radius 3 is 2.78 bits per heavy atom. The quantitative estimate of drug-likeness (QED) is 0.898. The second-order valence-corrected chi connectivity index (χ2v) is 3.91. The summed E-state index contributed by atoms with van der Waals surface area (Å²) in [5.41, 5.74) is 2.54. The first kappa shape index (κ1) is 12.2. The Bertz CT molecular complexity index is 602. The van der Waals surface area contributed by atoms with Crippen molar-refractivity contribution in [1.82, 2.24) is 10.3 Å². The van der Waals surface area contributed by atoms with Gasteiger partial charge in [-0.3, -0.25) is 4.98 Å². The summed E-state index contributed by atoms with van der Waals surface area (Å²) in [6, 6.07) is 8.74. The summed E-state index contributed by atoms with van der Waals surface area (Å²) >= 11 is 0. The van der Waals surface area contributed by atoms with E-state index < -0.39 is 0 Å². The predicted octanol–water partition coefficient (Wildman–Crippen LogP) is 2.48. The molecule has 0 aliphatic carbocycles. The van der Waals surface area contributed by atoms with Crippen LogP contribution in [0.15, 0.2) is 36.7 Å². The van der Waals surface area contributed by atoms with Gasteiger partial charge in [-0.1, -0.05) is 12.1 Å². The Kier molecular flexibility index (Phi) is 3.66. The van der Waals surface area contributed by atoms with Crippen LogP contribution in [-0.2, 0) is 6.54 Å². The van der Waals surface area contributed by atoms with Crippen molar-refractivity contribution in [1.29, 1.82) is 5.26 Å². The van der Waals surface area contributed by atoms with Crippen molar-refractivity contribution >= 4 is 0 Å². The molecule has 3 nitrogen and oxygen atoms in total. The second-order valence-electron chi connectivity index (χ2n) is 3.91. The van der Waals surface area contributed by atoms with Gasteiger partial charge in [0.15, 0.2) is 0 Å². The first-order chi connectivity index (χ1) is 8.74. The predicted molar refractivity (Wildman–Crippen MR) is 67.1 cm³/mol. The number of nitriles is 1. The standard InChI is InChI=1S/C14H12FN3/c1-17-8-12-3-2-11(5-14(12)15)13-4-10(6-16)7-18-9-13/h2-5,7,9,17H,8H2,1H3. The van der Waals surface area contributed by atoms with Crippen LogP contribution in [0.25, 0.3) is 11.1 Å². The van der Waals surface area contributed by atoms with Crippen LogP contribution in [0.2, 0.25) is 0 Å². The molecule has 0 aliphatic rings. The van der Waals surface area contributed by atoms with E-state index in [0.29, 0.717) is 17.7 Å². The van der Waals surface area contributed by atoms with Crippen LogP contribution in [0.3, 0.4) is 0 Å². The van der Waals surface area contributed by atoms with Gasteiger partial charge in [0.05, 0.1) is 5.56 Å². The van der Waals surface area contributed by atoms with E-state index in [1.807, 2.05) is 12.1 Å². The maximum Gasteiger partial charge on any atom is 0.128 e. The van der Waals surface area contributed by atoms with Crippen molar-refractivity contribution in [3.63, 3.8) is 0 Å². The van der Waals surface area contributed by atoms with Gasteiger partial charge in [0, 0.05) is 30.1 Å². The number of aromatic nitrogens is 1. The normalized spacial score (nSPS) is 10.1. The summed E-state index contributed by atoms with van der Waals surface area (Å²) in [7, 11) is 1.77. The average Bonchev–Trinajstić information content (AvgIpc) is 2.41. The molecule has 4 heteroatoms. The molecule has 0 saturated carbocycles. The zero-order valence-corrected chi connectivity index (χ0v) is 9.94. The van der Waals surface area contributed by atoms with Crippen LogP contribution in [0, 0.1) is 17.1 Å². The first-order valence-electron chi connectivity index (χ1n) is 5.53. The van der Waals surface area contributed by atoms with Crippen molar-refractivity contribution in [2.24, 2.45) is 0 Å². The smallest absolute Gasteiger partial charge is 0.128 e. The van der Waals surface area contributed by atoms with E-state index in [1.54, 1.807) is 25.4 Å². The van der Waals surface area contributed by atoms with Crippen LogP contribution in [0.5, 0.6) is 0 Å². The third kappa shape index (κ3) is 2.53. The number of halogens is 1. The number of pyridine rings is 1. The fraction of sp³-hybridized carbons (Fsp3) is 0.143. The number of rotatable bonds is 3. The highest BCUT2D eigenvalue weighted by Crippen LogP contribution is 2.22. The number of hydrogen-bond donors (Lipinski definition) is 1. The van der Waals surface area contributed by atoms with Crippen molar-refractivity contribution in [2.75, 3.05) is 7.05 Å². The Hall–Kier alpha value is -2.25. The summed E-state index contributed by atoms with van der Waals surface area (Å²) in [4.78, 5) is 3.96. The highest BCUT2D eigenvalue weighted by Gasteiger charge is 2.05. The van der Waals surface area contributed by atoms with Gasteiger partial charge in [0.1, 0.15) is 11.9 Å². The van der Waals surface area contributed by atoms with Crippen LogP contribution in [0.1, 0.15) is 11.1 Å². The van der Waals surface area contributed by atoms with Gasteiger partial charge < -0.3 is 5.32 Å². The second kappa shape index (κ2) is 5.39. The molecular formula is C14H12FN3. The Morgan fingerprint density at radius 1 is 1.28 bits per heavy atom. The molecule has 0 saturated heterocycles. The number of nitrogens with zero attached hydrogens (tertiary/aromatic N) is 2. The zero-order valence-electron chi connectivity index (χ0n) is 9.94. The molecular weight excluding hydrogens is 229 g/mol. The van der Waals surface area contributed by atoms with Gasteiger partial charge in [-0.25, -0.2) is 4.39 Å². The minimum Gasteiger partial charge on any atom is -0.316 e. The Labute approximate surface area is 105 Å². The van der Waals surface area contributed by atoms with Gasteiger partial charge in [0.25, 0.3) is 0 Å². The molecule has 0 aliphatic heterocycles. The molecule has 0 radical (unpaired) electrons. The van der Waals surface area contributed by atoms with E-state index >= 15 is 0 Å². The largest absolute Gasteiger partial charge is 0.316 e. The summed E-state index contributed by atoms with van der Waals surface area (Å²) in [6.45, 7) is 0.489. The highest BCUT2D eigenvalue weighted by atomic mass is 19.1. The van der Waals surface area contributed by atoms with E-state index in [-0.39, 0.29) is 5.82 Å². The SMILES string of the molecule is CNCc1ccc(-c2cncc(C#N)c2)cc1F. The lowest BCUT2D eigenvalue weighted by atomic mass is 10.0. The number of benzene rings is 1. The Morgan fingerprint density at radius 2 is 2.11 bits per heavy atom. The van der Waals surface area contributed by atoms with Gasteiger partial charge >= 0.3 is 0 Å². The first-order valence-corrected chi connectivity index (χ1v) is 5.53. The summed E-state index contributed by atoms with van der Waals surface area (Å²) in [6.07, 6.45) is 3.10. The maximum absolute atomic E-state index is 13.8. The minimum atomic E-state index is -0.260. The summed E-state index contributed by atoms with van der Waals surface area (Å²) in [5.74, 6) is -0.260. The molecule has 0 unspecified atom stereocenters. The van der Waals surface area contributed by atoms with E-state index in [0.717, 1.165) is 11.1 Å². The molecule has 90 valence electrons. The van der Waals surface area contributed by atoms with E-state index in [1.165, 1.54) is 12.3 Å². The van der Waals surface area contributed by atoms with Crippen LogP contribution >= 0.6 is 0 Å². The fourth-order valence-electron chi connectivity index (χ4n) is 1.72. The molecule has 0 atom stereocenters. The average molecular weight is 241 g/mol. The molecule has 0 bridgehead atoms.